The predicted molar refractivity (Wildman–Crippen MR) is 134 cm³/mol. The number of nitrogens with zero attached hydrogens (tertiary/aromatic N) is 2. The van der Waals surface area contributed by atoms with Gasteiger partial charge in [-0.2, -0.15) is 0 Å². The van der Waals surface area contributed by atoms with E-state index in [-0.39, 0.29) is 22.4 Å². The molecule has 0 saturated carbocycles. The first kappa shape index (κ1) is 22.4. The molecule has 31 heavy (non-hydrogen) atoms. The van der Waals surface area contributed by atoms with E-state index < -0.39 is 0 Å². The van der Waals surface area contributed by atoms with Crippen molar-refractivity contribution in [2.24, 2.45) is 0 Å². The van der Waals surface area contributed by atoms with E-state index in [0.717, 1.165) is 35.2 Å². The molecule has 0 saturated heterocycles. The molecule has 3 N–H and O–H groups in total. The van der Waals surface area contributed by atoms with Crippen LogP contribution in [0.1, 0.15) is 43.2 Å². The highest BCUT2D eigenvalue weighted by Gasteiger charge is 2.30. The minimum absolute atomic E-state index is 0.00328. The molecule has 5 nitrogen and oxygen atoms in total. The van der Waals surface area contributed by atoms with Crippen molar-refractivity contribution in [3.63, 3.8) is 0 Å². The van der Waals surface area contributed by atoms with Crippen LogP contribution in [0, 0.1) is 0 Å². The molecular formula is C23H28N4OS3. The summed E-state index contributed by atoms with van der Waals surface area (Å²) in [4.78, 5) is 23.9. The predicted octanol–water partition coefficient (Wildman–Crippen LogP) is 5.07. The van der Waals surface area contributed by atoms with Gasteiger partial charge in [-0.15, -0.1) is 23.1 Å². The molecule has 0 fully saturated rings. The molecule has 0 aliphatic carbocycles. The Morgan fingerprint density at radius 1 is 1.29 bits per heavy atom. The Labute approximate surface area is 196 Å². The van der Waals surface area contributed by atoms with Crippen molar-refractivity contribution < 1.29 is 4.79 Å². The number of hydrogen-bond acceptors (Lipinski definition) is 7. The monoisotopic (exact) mass is 472 g/mol. The summed E-state index contributed by atoms with van der Waals surface area (Å²) >= 11 is 5.03. The van der Waals surface area contributed by atoms with Crippen LogP contribution in [0.5, 0.6) is 0 Å². The Hall–Kier alpha value is -1.77. The van der Waals surface area contributed by atoms with Crippen LogP contribution >= 0.6 is 34.9 Å². The first-order chi connectivity index (χ1) is 14.8. The summed E-state index contributed by atoms with van der Waals surface area (Å²) in [6, 6.07) is 10.5. The van der Waals surface area contributed by atoms with Gasteiger partial charge in [-0.05, 0) is 37.3 Å². The maximum absolute atomic E-state index is 12.4. The number of aromatic nitrogens is 2. The lowest BCUT2D eigenvalue weighted by atomic mass is 9.99. The molecule has 1 aromatic carbocycles. The highest BCUT2D eigenvalue weighted by Crippen LogP contribution is 2.45. The van der Waals surface area contributed by atoms with Crippen molar-refractivity contribution in [3.05, 3.63) is 46.3 Å². The number of thiophene rings is 1. The third-order valence-electron chi connectivity index (χ3n) is 5.39. The summed E-state index contributed by atoms with van der Waals surface area (Å²) < 4.78 is 0.205. The van der Waals surface area contributed by atoms with Crippen LogP contribution in [0.25, 0.3) is 10.2 Å². The number of fused-ring (bicyclic) bond motifs is 3. The molecule has 4 rings (SSSR count). The van der Waals surface area contributed by atoms with Crippen LogP contribution in [0.2, 0.25) is 0 Å². The number of hydrogen-bond donors (Lipinski definition) is 2. The zero-order valence-corrected chi connectivity index (χ0v) is 20.6. The number of nitrogens with one attached hydrogen (secondary N) is 1. The standard InChI is InChI=1S/C23H28N4OS3/c1-14(9-10-15-7-5-4-6-8-15)25-18(28)13-29-22-26-20(24)19-16-11-23(2,3)30-12-17(16)31-21(19)27-22/h4-8,14H,9-13H2,1-3H3,(H,25,28)(H2,24,26,27)/t14-/m0/s1. The van der Waals surface area contributed by atoms with Gasteiger partial charge >= 0.3 is 0 Å². The lowest BCUT2D eigenvalue weighted by Gasteiger charge is -2.28. The lowest BCUT2D eigenvalue weighted by molar-refractivity contribution is -0.119. The number of thioether (sulfide) groups is 2. The van der Waals surface area contributed by atoms with E-state index in [9.17, 15) is 4.79 Å². The molecule has 164 valence electrons. The Balaban J connectivity index is 1.35. The number of nitrogens with two attached hydrogens (primary N) is 1. The van der Waals surface area contributed by atoms with Gasteiger partial charge in [0.15, 0.2) is 5.16 Å². The van der Waals surface area contributed by atoms with E-state index >= 15 is 0 Å². The number of aryl methyl sites for hydroxylation is 1. The zero-order valence-electron chi connectivity index (χ0n) is 18.1. The SMILES string of the molecule is C[C@@H](CCc1ccccc1)NC(=O)CSc1nc(N)c2c3c(sc2n1)CSC(C)(C)C3. The highest BCUT2D eigenvalue weighted by atomic mass is 32.2. The third kappa shape index (κ3) is 5.54. The number of rotatable bonds is 7. The summed E-state index contributed by atoms with van der Waals surface area (Å²) in [6.07, 6.45) is 2.84. The lowest BCUT2D eigenvalue weighted by Crippen LogP contribution is -2.34. The number of carbonyl (C=O) groups excluding carboxylic acids is 1. The molecule has 3 heterocycles. The van der Waals surface area contributed by atoms with E-state index in [1.807, 2.05) is 36.9 Å². The van der Waals surface area contributed by atoms with Gasteiger partial charge in [-0.3, -0.25) is 4.79 Å². The third-order valence-corrected chi connectivity index (χ3v) is 8.90. The second-order valence-electron chi connectivity index (χ2n) is 8.58. The van der Waals surface area contributed by atoms with Crippen molar-refractivity contribution >= 4 is 56.8 Å². The molecule has 1 aliphatic heterocycles. The summed E-state index contributed by atoms with van der Waals surface area (Å²) in [5, 5.41) is 4.66. The molecule has 0 bridgehead atoms. The fourth-order valence-corrected chi connectivity index (χ4v) is 6.83. The van der Waals surface area contributed by atoms with Crippen LogP contribution < -0.4 is 11.1 Å². The largest absolute Gasteiger partial charge is 0.383 e. The van der Waals surface area contributed by atoms with Gasteiger partial charge in [0.1, 0.15) is 10.6 Å². The summed E-state index contributed by atoms with van der Waals surface area (Å²) in [6.45, 7) is 6.58. The van der Waals surface area contributed by atoms with E-state index in [0.29, 0.717) is 11.0 Å². The van der Waals surface area contributed by atoms with Gasteiger partial charge in [0.25, 0.3) is 0 Å². The smallest absolute Gasteiger partial charge is 0.230 e. The molecule has 8 heteroatoms. The average Bonchev–Trinajstić information content (AvgIpc) is 3.08. The fraction of sp³-hybridized carbons (Fsp3) is 0.435. The number of benzene rings is 1. The quantitative estimate of drug-likeness (QED) is 0.369. The number of carbonyl (C=O) groups is 1. The number of amides is 1. The van der Waals surface area contributed by atoms with Crippen LogP contribution in [0.15, 0.2) is 35.5 Å². The van der Waals surface area contributed by atoms with Gasteiger partial charge in [-0.25, -0.2) is 9.97 Å². The topological polar surface area (TPSA) is 80.9 Å². The van der Waals surface area contributed by atoms with E-state index in [4.69, 9.17) is 10.7 Å². The number of nitrogen functional groups attached to an aromatic ring is 1. The van der Waals surface area contributed by atoms with Gasteiger partial charge in [0, 0.05) is 21.4 Å². The Morgan fingerprint density at radius 2 is 2.06 bits per heavy atom. The highest BCUT2D eigenvalue weighted by molar-refractivity contribution is 8.00. The van der Waals surface area contributed by atoms with Crippen LogP contribution in [-0.4, -0.2) is 32.4 Å². The minimum Gasteiger partial charge on any atom is -0.383 e. The van der Waals surface area contributed by atoms with Gasteiger partial charge in [0.2, 0.25) is 5.91 Å². The zero-order chi connectivity index (χ0) is 22.0. The van der Waals surface area contributed by atoms with Crippen LogP contribution in [-0.2, 0) is 23.4 Å². The Morgan fingerprint density at radius 3 is 2.84 bits per heavy atom. The summed E-state index contributed by atoms with van der Waals surface area (Å²) in [5.41, 5.74) is 8.93. The van der Waals surface area contributed by atoms with E-state index in [2.05, 4.69) is 36.3 Å². The van der Waals surface area contributed by atoms with Gasteiger partial charge < -0.3 is 11.1 Å². The second kappa shape index (κ2) is 9.38. The van der Waals surface area contributed by atoms with Crippen molar-refractivity contribution in [2.45, 2.75) is 61.7 Å². The second-order valence-corrected chi connectivity index (χ2v) is 12.3. The Kier molecular flexibility index (Phi) is 6.79. The molecule has 2 aromatic heterocycles. The molecule has 1 aliphatic rings. The molecule has 3 aromatic rings. The van der Waals surface area contributed by atoms with Gasteiger partial charge in [-0.1, -0.05) is 55.9 Å². The first-order valence-electron chi connectivity index (χ1n) is 10.5. The summed E-state index contributed by atoms with van der Waals surface area (Å²) in [7, 11) is 0. The normalized spacial score (nSPS) is 16.1. The maximum atomic E-state index is 12.4. The van der Waals surface area contributed by atoms with Crippen molar-refractivity contribution in [1.29, 1.82) is 0 Å². The van der Waals surface area contributed by atoms with E-state index in [1.54, 1.807) is 11.3 Å². The van der Waals surface area contributed by atoms with Crippen LogP contribution in [0.4, 0.5) is 5.82 Å². The van der Waals surface area contributed by atoms with Gasteiger partial charge in [0.05, 0.1) is 11.1 Å². The first-order valence-corrected chi connectivity index (χ1v) is 13.3. The summed E-state index contributed by atoms with van der Waals surface area (Å²) in [5.74, 6) is 1.81. The fourth-order valence-electron chi connectivity index (χ4n) is 3.76. The minimum atomic E-state index is -0.00328. The van der Waals surface area contributed by atoms with Crippen molar-refractivity contribution in [1.82, 2.24) is 15.3 Å². The maximum Gasteiger partial charge on any atom is 0.230 e. The number of anilines is 1. The van der Waals surface area contributed by atoms with Crippen LogP contribution in [0.3, 0.4) is 0 Å². The van der Waals surface area contributed by atoms with Crippen molar-refractivity contribution in [2.75, 3.05) is 11.5 Å². The molecule has 0 spiro atoms. The Bertz CT molecular complexity index is 1080. The molecular weight excluding hydrogens is 444 g/mol. The average molecular weight is 473 g/mol. The van der Waals surface area contributed by atoms with E-state index in [1.165, 1.54) is 27.8 Å². The molecule has 0 radical (unpaired) electrons. The van der Waals surface area contributed by atoms with Crippen molar-refractivity contribution in [3.8, 4) is 0 Å². The molecule has 0 unspecified atom stereocenters. The molecule has 1 amide bonds. The molecule has 1 atom stereocenters.